The number of hydrogen-bond acceptors (Lipinski definition) is 8. The van der Waals surface area contributed by atoms with Gasteiger partial charge in [0.05, 0.1) is 18.6 Å². The number of nitrogens with one attached hydrogen (secondary N) is 1. The number of rotatable bonds is 11. The number of sulfone groups is 1. The Morgan fingerprint density at radius 1 is 0.932 bits per heavy atom. The number of ether oxygens (including phenoxy) is 2. The van der Waals surface area contributed by atoms with E-state index in [9.17, 15) is 18.3 Å². The first-order chi connectivity index (χ1) is 27.8. The molecular formula is C49H73N3O6S. The van der Waals surface area contributed by atoms with Gasteiger partial charge in [-0.05, 0) is 146 Å². The number of aromatic nitrogens is 1. The number of allylic oxidation sites excluding steroid dienone is 5. The van der Waals surface area contributed by atoms with Crippen molar-refractivity contribution in [2.75, 3.05) is 51.4 Å². The number of carboxylic acids is 1. The van der Waals surface area contributed by atoms with Crippen LogP contribution < -0.4 is 14.8 Å². The van der Waals surface area contributed by atoms with Gasteiger partial charge < -0.3 is 24.8 Å². The second-order valence-electron chi connectivity index (χ2n) is 21.6. The normalized spacial score (nSPS) is 41.2. The quantitative estimate of drug-likeness (QED) is 0.211. The highest BCUT2D eigenvalue weighted by Gasteiger charge is 2.70. The minimum atomic E-state index is -2.88. The zero-order valence-corrected chi connectivity index (χ0v) is 38.0. The lowest BCUT2D eigenvalue weighted by Crippen LogP contribution is -2.68. The standard InChI is InChI=1S/C49H73N3O6S/c1-33(2)35-16-23-49(50-26-27-52-28-30-59(55,56)31-29-52)25-24-46(6)37(42(35)49)12-13-39-45(5)19-17-36(44(3,4)38(45)18-20-47(39,46)7)34-14-21-48(22-15-34,43(53)54)32-58-41-11-9-10-40(51-41)57-8/h9-11,14,17,35,37-39,42,50H,1,12-13,15-16,18-32H2,2-8H3,(H,53,54)/t35-,37+,38?,39?,42?,45-,46+,47+,48+,49-/m0/s1. The first-order valence-electron chi connectivity index (χ1n) is 22.9. The van der Waals surface area contributed by atoms with Crippen LogP contribution in [0.1, 0.15) is 119 Å². The molecule has 326 valence electrons. The van der Waals surface area contributed by atoms with Crippen LogP contribution in [0.3, 0.4) is 0 Å². The molecule has 1 saturated heterocycles. The summed E-state index contributed by atoms with van der Waals surface area (Å²) in [5, 5.41) is 14.7. The van der Waals surface area contributed by atoms with Gasteiger partial charge in [-0.2, -0.15) is 4.98 Å². The molecular weight excluding hydrogens is 759 g/mol. The van der Waals surface area contributed by atoms with Crippen LogP contribution in [0, 0.1) is 56.7 Å². The Balaban J connectivity index is 1.00. The lowest BCUT2D eigenvalue weighted by molar-refractivity contribution is -0.221. The minimum absolute atomic E-state index is 0.0111. The third-order valence-corrected chi connectivity index (χ3v) is 20.4. The maximum atomic E-state index is 12.8. The van der Waals surface area contributed by atoms with Gasteiger partial charge in [-0.3, -0.25) is 4.79 Å². The van der Waals surface area contributed by atoms with Gasteiger partial charge in [-0.1, -0.05) is 65.0 Å². The van der Waals surface area contributed by atoms with Crippen molar-refractivity contribution in [2.24, 2.45) is 56.7 Å². The molecule has 1 aromatic heterocycles. The van der Waals surface area contributed by atoms with Gasteiger partial charge in [-0.25, -0.2) is 8.42 Å². The summed E-state index contributed by atoms with van der Waals surface area (Å²) in [5.74, 6) is 3.61. The van der Waals surface area contributed by atoms with Crippen LogP contribution in [0.15, 0.2) is 53.6 Å². The molecule has 8 rings (SSSR count). The van der Waals surface area contributed by atoms with Crippen molar-refractivity contribution in [3.8, 4) is 11.8 Å². The maximum absolute atomic E-state index is 12.8. The minimum Gasteiger partial charge on any atom is -0.481 e. The van der Waals surface area contributed by atoms with Crippen LogP contribution in [0.4, 0.5) is 0 Å². The van der Waals surface area contributed by atoms with Crippen molar-refractivity contribution in [3.05, 3.63) is 53.6 Å². The summed E-state index contributed by atoms with van der Waals surface area (Å²) in [6, 6.07) is 5.31. The number of aliphatic carboxylic acids is 1. The number of hydrogen-bond donors (Lipinski definition) is 2. The molecule has 1 aliphatic heterocycles. The molecule has 7 aliphatic rings. The van der Waals surface area contributed by atoms with E-state index < -0.39 is 21.2 Å². The van der Waals surface area contributed by atoms with Gasteiger partial charge in [0.15, 0.2) is 9.84 Å². The van der Waals surface area contributed by atoms with Gasteiger partial charge in [0, 0.05) is 43.9 Å². The first-order valence-corrected chi connectivity index (χ1v) is 24.8. The summed E-state index contributed by atoms with van der Waals surface area (Å²) in [7, 11) is -1.32. The van der Waals surface area contributed by atoms with E-state index in [1.54, 1.807) is 19.2 Å². The summed E-state index contributed by atoms with van der Waals surface area (Å²) >= 11 is 0. The van der Waals surface area contributed by atoms with Gasteiger partial charge in [-0.15, -0.1) is 0 Å². The molecule has 2 heterocycles. The Morgan fingerprint density at radius 3 is 2.36 bits per heavy atom. The zero-order valence-electron chi connectivity index (χ0n) is 37.2. The lowest BCUT2D eigenvalue weighted by Gasteiger charge is -2.72. The zero-order chi connectivity index (χ0) is 42.2. The Hall–Kier alpha value is -2.69. The second-order valence-corrected chi connectivity index (χ2v) is 23.9. The van der Waals surface area contributed by atoms with Gasteiger partial charge >= 0.3 is 5.97 Å². The summed E-state index contributed by atoms with van der Waals surface area (Å²) in [6.45, 7) is 23.2. The van der Waals surface area contributed by atoms with Crippen LogP contribution in [0.5, 0.6) is 11.8 Å². The molecule has 0 amide bonds. The molecule has 59 heavy (non-hydrogen) atoms. The van der Waals surface area contributed by atoms with Crippen LogP contribution in [0.2, 0.25) is 0 Å². The molecule has 5 fully saturated rings. The third-order valence-electron chi connectivity index (χ3n) is 18.8. The fraction of sp³-hybridized carbons (Fsp3) is 0.755. The molecule has 0 radical (unpaired) electrons. The number of pyridine rings is 1. The molecule has 9 nitrogen and oxygen atoms in total. The molecule has 10 heteroatoms. The molecule has 0 bridgehead atoms. The van der Waals surface area contributed by atoms with Crippen LogP contribution in [-0.4, -0.2) is 86.3 Å². The van der Waals surface area contributed by atoms with Gasteiger partial charge in [0.2, 0.25) is 11.8 Å². The molecule has 0 spiro atoms. The number of carboxylic acid groups (broad SMARTS) is 1. The summed E-state index contributed by atoms with van der Waals surface area (Å²) in [6.07, 6.45) is 17.6. The first kappa shape index (κ1) is 43.0. The van der Waals surface area contributed by atoms with Crippen LogP contribution in [0.25, 0.3) is 0 Å². The summed E-state index contributed by atoms with van der Waals surface area (Å²) in [5.41, 5.74) is 3.98. The van der Waals surface area contributed by atoms with E-state index in [0.29, 0.717) is 78.8 Å². The summed E-state index contributed by atoms with van der Waals surface area (Å²) < 4.78 is 35.4. The molecule has 3 unspecified atom stereocenters. The number of nitrogens with zero attached hydrogens (tertiary/aromatic N) is 2. The summed E-state index contributed by atoms with van der Waals surface area (Å²) in [4.78, 5) is 19.5. The largest absolute Gasteiger partial charge is 0.481 e. The highest BCUT2D eigenvalue weighted by molar-refractivity contribution is 7.91. The van der Waals surface area contributed by atoms with Crippen molar-refractivity contribution < 1.29 is 27.8 Å². The molecule has 4 saturated carbocycles. The van der Waals surface area contributed by atoms with Crippen molar-refractivity contribution in [1.82, 2.24) is 15.2 Å². The average Bonchev–Trinajstić information content (AvgIpc) is 3.58. The van der Waals surface area contributed by atoms with E-state index in [4.69, 9.17) is 9.47 Å². The molecule has 0 aromatic carbocycles. The number of fused-ring (bicyclic) bond motifs is 7. The van der Waals surface area contributed by atoms with Crippen molar-refractivity contribution >= 4 is 15.8 Å². The average molecular weight is 832 g/mol. The van der Waals surface area contributed by atoms with E-state index in [1.165, 1.54) is 68.1 Å². The van der Waals surface area contributed by atoms with Crippen molar-refractivity contribution in [1.29, 1.82) is 0 Å². The number of carbonyl (C=O) groups is 1. The fourth-order valence-electron chi connectivity index (χ4n) is 15.4. The van der Waals surface area contributed by atoms with Crippen LogP contribution >= 0.6 is 0 Å². The highest BCUT2D eigenvalue weighted by Crippen LogP contribution is 2.76. The molecule has 1 aromatic rings. The monoisotopic (exact) mass is 832 g/mol. The van der Waals surface area contributed by atoms with E-state index in [1.807, 2.05) is 6.07 Å². The van der Waals surface area contributed by atoms with Gasteiger partial charge in [0.25, 0.3) is 0 Å². The van der Waals surface area contributed by atoms with Crippen LogP contribution in [-0.2, 0) is 14.6 Å². The predicted octanol–water partition coefficient (Wildman–Crippen LogP) is 8.92. The number of methoxy groups -OCH3 is 1. The third kappa shape index (κ3) is 7.05. The van der Waals surface area contributed by atoms with Gasteiger partial charge in [0.1, 0.15) is 12.0 Å². The van der Waals surface area contributed by atoms with E-state index >= 15 is 0 Å². The second kappa shape index (κ2) is 15.3. The topological polar surface area (TPSA) is 118 Å². The Bertz CT molecular complexity index is 1980. The predicted molar refractivity (Wildman–Crippen MR) is 234 cm³/mol. The van der Waals surface area contributed by atoms with E-state index in [-0.39, 0.29) is 33.8 Å². The SMILES string of the molecule is C=C(C)[C@@H]1CC[C@]2(NCCN3CCS(=O)(=O)CC3)CC[C@]3(C)[C@H](CCC4[C@@]5(C)CC=C(C6=CC[C@@](COc7cccc(OC)n7)(C(=O)O)CC6)C(C)(C)C5CC[C@]43C)C12. The van der Waals surface area contributed by atoms with Crippen molar-refractivity contribution in [3.63, 3.8) is 0 Å². The Labute approximate surface area is 355 Å². The lowest BCUT2D eigenvalue weighted by atomic mass is 9.33. The molecule has 6 aliphatic carbocycles. The fourth-order valence-corrected chi connectivity index (χ4v) is 16.6. The van der Waals surface area contributed by atoms with Crippen molar-refractivity contribution in [2.45, 2.75) is 124 Å². The molecule has 10 atom stereocenters. The van der Waals surface area contributed by atoms with E-state index in [2.05, 4.69) is 75.5 Å². The highest BCUT2D eigenvalue weighted by atomic mass is 32.2. The molecule has 2 N–H and O–H groups in total. The van der Waals surface area contributed by atoms with E-state index in [0.717, 1.165) is 25.9 Å². The Kier molecular flexibility index (Phi) is 11.1. The smallest absolute Gasteiger partial charge is 0.313 e. The maximum Gasteiger partial charge on any atom is 0.313 e. The Morgan fingerprint density at radius 2 is 1.68 bits per heavy atom.